The number of carbonyl (C=O) groups is 1. The molecule has 1 aromatic heterocycles. The molecule has 0 saturated carbocycles. The highest BCUT2D eigenvalue weighted by Gasteiger charge is 2.59. The van der Waals surface area contributed by atoms with Crippen LogP contribution in [-0.2, 0) is 21.9 Å². The predicted molar refractivity (Wildman–Crippen MR) is 93.6 cm³/mol. The molecule has 2 saturated heterocycles. The number of carbonyl (C=O) groups excluding carboxylic acids is 1. The Labute approximate surface area is 152 Å². The van der Waals surface area contributed by atoms with Gasteiger partial charge in [0.05, 0.1) is 4.90 Å². The summed E-state index contributed by atoms with van der Waals surface area (Å²) in [5.41, 5.74) is -0.311. The minimum absolute atomic E-state index is 0.00147. The van der Waals surface area contributed by atoms with Crippen molar-refractivity contribution in [2.75, 3.05) is 26.2 Å². The number of nitrogens with zero attached hydrogens (tertiary/aromatic N) is 5. The monoisotopic (exact) mass is 375 g/mol. The van der Waals surface area contributed by atoms with E-state index in [1.54, 1.807) is 48.5 Å². The molecule has 0 aliphatic carbocycles. The first-order valence-corrected chi connectivity index (χ1v) is 9.92. The van der Waals surface area contributed by atoms with E-state index in [0.29, 0.717) is 31.1 Å². The lowest BCUT2D eigenvalue weighted by molar-refractivity contribution is -0.128. The molecule has 1 aromatic carbocycles. The van der Waals surface area contributed by atoms with Crippen molar-refractivity contribution in [2.24, 2.45) is 12.5 Å². The summed E-state index contributed by atoms with van der Waals surface area (Å²) in [6.07, 6.45) is 1.64. The highest BCUT2D eigenvalue weighted by Crippen LogP contribution is 2.50. The Morgan fingerprint density at radius 3 is 2.46 bits per heavy atom. The standard InChI is InChI=1S/C17H21N5O3S/c1-13(23)21-8-15(16-19-18-12-20(16)2)17(9-21)10-22(11-17)26(24,25)14-6-4-3-5-7-14/h3-7,12,15H,8-11H2,1-2H3. The van der Waals surface area contributed by atoms with Crippen LogP contribution in [0.1, 0.15) is 18.7 Å². The van der Waals surface area contributed by atoms with Gasteiger partial charge in [-0.25, -0.2) is 8.42 Å². The van der Waals surface area contributed by atoms with Gasteiger partial charge in [0.15, 0.2) is 0 Å². The van der Waals surface area contributed by atoms with Crippen LogP contribution in [0.2, 0.25) is 0 Å². The van der Waals surface area contributed by atoms with Crippen LogP contribution in [0.3, 0.4) is 0 Å². The van der Waals surface area contributed by atoms with E-state index in [1.807, 2.05) is 11.6 Å². The lowest BCUT2D eigenvalue weighted by atomic mass is 9.72. The van der Waals surface area contributed by atoms with Crippen molar-refractivity contribution in [3.05, 3.63) is 42.5 Å². The molecule has 2 aliphatic heterocycles. The van der Waals surface area contributed by atoms with Crippen LogP contribution in [-0.4, -0.2) is 64.5 Å². The maximum absolute atomic E-state index is 12.8. The highest BCUT2D eigenvalue weighted by atomic mass is 32.2. The summed E-state index contributed by atoms with van der Waals surface area (Å²) in [6.45, 7) is 3.39. The summed E-state index contributed by atoms with van der Waals surface area (Å²) < 4.78 is 29.0. The SMILES string of the molecule is CC(=O)N1CC(c2nncn2C)C2(C1)CN(S(=O)(=O)c1ccccc1)C2. The van der Waals surface area contributed by atoms with Crippen molar-refractivity contribution in [1.29, 1.82) is 0 Å². The maximum Gasteiger partial charge on any atom is 0.243 e. The Bertz CT molecular complexity index is 934. The van der Waals surface area contributed by atoms with E-state index in [9.17, 15) is 13.2 Å². The molecule has 8 nitrogen and oxygen atoms in total. The van der Waals surface area contributed by atoms with E-state index in [0.717, 1.165) is 5.82 Å². The normalized spacial score (nSPS) is 22.5. The highest BCUT2D eigenvalue weighted by molar-refractivity contribution is 7.89. The molecule has 0 N–H and O–H groups in total. The van der Waals surface area contributed by atoms with Crippen LogP contribution >= 0.6 is 0 Å². The molecule has 1 spiro atoms. The van der Waals surface area contributed by atoms with Crippen molar-refractivity contribution in [3.63, 3.8) is 0 Å². The Kier molecular flexibility index (Phi) is 3.89. The molecular formula is C17H21N5O3S. The van der Waals surface area contributed by atoms with Gasteiger partial charge >= 0.3 is 0 Å². The topological polar surface area (TPSA) is 88.4 Å². The number of hydrogen-bond acceptors (Lipinski definition) is 5. The second kappa shape index (κ2) is 5.88. The van der Waals surface area contributed by atoms with Crippen molar-refractivity contribution >= 4 is 15.9 Å². The van der Waals surface area contributed by atoms with Gasteiger partial charge in [0.1, 0.15) is 12.2 Å². The number of likely N-dealkylation sites (tertiary alicyclic amines) is 1. The Hall–Kier alpha value is -2.26. The summed E-state index contributed by atoms with van der Waals surface area (Å²) >= 11 is 0. The van der Waals surface area contributed by atoms with Gasteiger partial charge in [-0.05, 0) is 12.1 Å². The molecule has 26 heavy (non-hydrogen) atoms. The fourth-order valence-electron chi connectivity index (χ4n) is 4.06. The van der Waals surface area contributed by atoms with E-state index in [4.69, 9.17) is 0 Å². The second-order valence-corrected chi connectivity index (χ2v) is 9.14. The number of aryl methyl sites for hydroxylation is 1. The Morgan fingerprint density at radius 2 is 1.88 bits per heavy atom. The van der Waals surface area contributed by atoms with Crippen molar-refractivity contribution in [3.8, 4) is 0 Å². The van der Waals surface area contributed by atoms with Gasteiger partial charge < -0.3 is 9.47 Å². The molecule has 3 heterocycles. The molecule has 9 heteroatoms. The summed E-state index contributed by atoms with van der Waals surface area (Å²) in [5.74, 6) is 0.769. The molecule has 1 atom stereocenters. The van der Waals surface area contributed by atoms with E-state index < -0.39 is 10.0 Å². The van der Waals surface area contributed by atoms with Crippen LogP contribution in [0.15, 0.2) is 41.6 Å². The third-order valence-corrected chi connectivity index (χ3v) is 7.32. The fraction of sp³-hybridized carbons (Fsp3) is 0.471. The average molecular weight is 375 g/mol. The lowest BCUT2D eigenvalue weighted by Crippen LogP contribution is -2.61. The molecule has 1 unspecified atom stereocenters. The number of sulfonamides is 1. The van der Waals surface area contributed by atoms with Gasteiger partial charge in [0.2, 0.25) is 15.9 Å². The molecule has 1 amide bonds. The predicted octanol–water partition coefficient (Wildman–Crippen LogP) is 0.452. The van der Waals surface area contributed by atoms with Gasteiger partial charge in [-0.1, -0.05) is 18.2 Å². The smallest absolute Gasteiger partial charge is 0.243 e. The zero-order chi connectivity index (χ0) is 18.5. The van der Waals surface area contributed by atoms with E-state index in [-0.39, 0.29) is 17.2 Å². The van der Waals surface area contributed by atoms with E-state index in [2.05, 4.69) is 10.2 Å². The first-order chi connectivity index (χ1) is 12.3. The third-order valence-electron chi connectivity index (χ3n) is 5.51. The first kappa shape index (κ1) is 17.2. The largest absolute Gasteiger partial charge is 0.341 e. The Morgan fingerprint density at radius 1 is 1.19 bits per heavy atom. The van der Waals surface area contributed by atoms with Gasteiger partial charge in [0, 0.05) is 51.5 Å². The maximum atomic E-state index is 12.8. The minimum Gasteiger partial charge on any atom is -0.341 e. The molecular weight excluding hydrogens is 354 g/mol. The Balaban J connectivity index is 1.62. The molecule has 0 radical (unpaired) electrons. The van der Waals surface area contributed by atoms with Crippen LogP contribution in [0.5, 0.6) is 0 Å². The lowest BCUT2D eigenvalue weighted by Gasteiger charge is -2.49. The zero-order valence-electron chi connectivity index (χ0n) is 14.7. The van der Waals surface area contributed by atoms with Crippen LogP contribution in [0.4, 0.5) is 0 Å². The van der Waals surface area contributed by atoms with Gasteiger partial charge in [-0.2, -0.15) is 4.31 Å². The molecule has 2 aromatic rings. The van der Waals surface area contributed by atoms with Crippen molar-refractivity contribution in [1.82, 2.24) is 24.0 Å². The van der Waals surface area contributed by atoms with E-state index >= 15 is 0 Å². The summed E-state index contributed by atoms with van der Waals surface area (Å²) in [7, 11) is -1.65. The van der Waals surface area contributed by atoms with Crippen molar-refractivity contribution in [2.45, 2.75) is 17.7 Å². The molecule has 2 aliphatic rings. The van der Waals surface area contributed by atoms with Gasteiger partial charge in [0.25, 0.3) is 0 Å². The minimum atomic E-state index is -3.52. The molecule has 0 bridgehead atoms. The van der Waals surface area contributed by atoms with E-state index in [1.165, 1.54) is 4.31 Å². The number of rotatable bonds is 3. The van der Waals surface area contributed by atoms with Crippen LogP contribution < -0.4 is 0 Å². The van der Waals surface area contributed by atoms with Gasteiger partial charge in [-0.3, -0.25) is 4.79 Å². The number of aromatic nitrogens is 3. The first-order valence-electron chi connectivity index (χ1n) is 8.48. The summed E-state index contributed by atoms with van der Waals surface area (Å²) in [4.78, 5) is 14.0. The quantitative estimate of drug-likeness (QED) is 0.777. The van der Waals surface area contributed by atoms with Crippen LogP contribution in [0, 0.1) is 5.41 Å². The second-order valence-electron chi connectivity index (χ2n) is 7.20. The third kappa shape index (κ3) is 2.53. The summed E-state index contributed by atoms with van der Waals surface area (Å²) in [6, 6.07) is 8.45. The number of benzene rings is 1. The van der Waals surface area contributed by atoms with Gasteiger partial charge in [-0.15, -0.1) is 10.2 Å². The molecule has 2 fully saturated rings. The summed E-state index contributed by atoms with van der Waals surface area (Å²) in [5, 5.41) is 8.17. The average Bonchev–Trinajstić information content (AvgIpc) is 3.17. The van der Waals surface area contributed by atoms with Crippen molar-refractivity contribution < 1.29 is 13.2 Å². The fourth-order valence-corrected chi connectivity index (χ4v) is 5.71. The number of amides is 1. The number of hydrogen-bond donors (Lipinski definition) is 0. The van der Waals surface area contributed by atoms with Crippen LogP contribution in [0.25, 0.3) is 0 Å². The molecule has 138 valence electrons. The zero-order valence-corrected chi connectivity index (χ0v) is 15.6. The molecule has 4 rings (SSSR count).